The average Bonchev–Trinajstić information content (AvgIpc) is 2.60. The van der Waals surface area contributed by atoms with Crippen LogP contribution in [0.2, 0.25) is 0 Å². The van der Waals surface area contributed by atoms with E-state index in [1.54, 1.807) is 10.8 Å². The van der Waals surface area contributed by atoms with Crippen molar-refractivity contribution in [2.45, 2.75) is 32.4 Å². The largest absolute Gasteiger partial charge is 0.388 e. The van der Waals surface area contributed by atoms with Gasteiger partial charge in [-0.1, -0.05) is 0 Å². The molecule has 1 aromatic rings. The molecule has 1 aromatic heterocycles. The molecule has 0 amide bonds. The molecule has 0 radical (unpaired) electrons. The molecule has 70 valence electrons. The minimum atomic E-state index is -0.0443. The second-order valence-electron chi connectivity index (χ2n) is 2.83. The van der Waals surface area contributed by atoms with Crippen LogP contribution in [0, 0.1) is 12.3 Å². The maximum Gasteiger partial charge on any atom is 0.220 e. The average molecular weight is 180 g/mol. The van der Waals surface area contributed by atoms with E-state index in [0.29, 0.717) is 5.76 Å². The minimum Gasteiger partial charge on any atom is -0.388 e. The van der Waals surface area contributed by atoms with Gasteiger partial charge in [0, 0.05) is 12.8 Å². The molecule has 0 atom stereocenters. The first-order chi connectivity index (χ1) is 6.36. The maximum atomic E-state index is 8.73. The van der Waals surface area contributed by atoms with E-state index in [9.17, 15) is 0 Å². The second kappa shape index (κ2) is 5.39. The van der Waals surface area contributed by atoms with Gasteiger partial charge in [0.05, 0.1) is 6.07 Å². The number of unbranched alkanes of at least 4 members (excludes halogenated alkanes) is 2. The lowest BCUT2D eigenvalue weighted by molar-refractivity contribution is -0.865. The number of nitrogens with zero attached hydrogens (tertiary/aromatic N) is 1. The molecule has 1 heterocycles. The smallest absolute Gasteiger partial charge is 0.220 e. The van der Waals surface area contributed by atoms with Crippen LogP contribution >= 0.6 is 0 Å². The first-order valence-electron chi connectivity index (χ1n) is 4.40. The summed E-state index contributed by atoms with van der Waals surface area (Å²) in [6.45, 7) is 0.777. The number of terminal acetylenes is 1. The Morgan fingerprint density at radius 2 is 2.38 bits per heavy atom. The lowest BCUT2D eigenvalue weighted by Crippen LogP contribution is -2.30. The fourth-order valence-electron chi connectivity index (χ4n) is 1.07. The monoisotopic (exact) mass is 180 g/mol. The van der Waals surface area contributed by atoms with Crippen LogP contribution in [0.15, 0.2) is 16.8 Å². The zero-order chi connectivity index (χ0) is 9.52. The van der Waals surface area contributed by atoms with Gasteiger partial charge in [0.25, 0.3) is 0 Å². The topological polar surface area (TPSA) is 37.2 Å². The highest BCUT2D eigenvalue weighted by Crippen LogP contribution is 1.96. The van der Waals surface area contributed by atoms with Crippen molar-refractivity contribution < 1.29 is 14.4 Å². The van der Waals surface area contributed by atoms with Crippen molar-refractivity contribution in [3.63, 3.8) is 0 Å². The molecular formula is C10H14NO2+. The van der Waals surface area contributed by atoms with Gasteiger partial charge in [-0.3, -0.25) is 0 Å². The fourth-order valence-corrected chi connectivity index (χ4v) is 1.07. The summed E-state index contributed by atoms with van der Waals surface area (Å²) in [5, 5.41) is 8.73. The molecule has 0 saturated carbocycles. The lowest BCUT2D eigenvalue weighted by atomic mass is 10.2. The van der Waals surface area contributed by atoms with Gasteiger partial charge in [-0.05, 0) is 11.2 Å². The van der Waals surface area contributed by atoms with E-state index in [1.807, 2.05) is 6.20 Å². The van der Waals surface area contributed by atoms with E-state index in [1.165, 1.54) is 0 Å². The third-order valence-electron chi connectivity index (χ3n) is 1.77. The molecule has 0 aliphatic heterocycles. The van der Waals surface area contributed by atoms with Crippen LogP contribution < -0.4 is 4.74 Å². The van der Waals surface area contributed by atoms with Crippen molar-refractivity contribution in [1.29, 1.82) is 0 Å². The number of aryl methyl sites for hydroxylation is 1. The molecule has 0 aliphatic carbocycles. The van der Waals surface area contributed by atoms with Gasteiger partial charge < -0.3 is 5.11 Å². The van der Waals surface area contributed by atoms with Crippen molar-refractivity contribution in [2.75, 3.05) is 0 Å². The molecule has 0 spiro atoms. The molecule has 0 unspecified atom stereocenters. The van der Waals surface area contributed by atoms with E-state index in [-0.39, 0.29) is 6.61 Å². The molecular weight excluding hydrogens is 166 g/mol. The van der Waals surface area contributed by atoms with Crippen molar-refractivity contribution in [3.8, 4) is 12.3 Å². The molecule has 0 bridgehead atoms. The number of aliphatic hydroxyl groups is 1. The first-order valence-corrected chi connectivity index (χ1v) is 4.40. The normalized spacial score (nSPS) is 9.85. The van der Waals surface area contributed by atoms with E-state index in [2.05, 4.69) is 5.92 Å². The Balaban J connectivity index is 2.25. The number of hydrogen-bond acceptors (Lipinski definition) is 2. The molecule has 1 rings (SSSR count). The van der Waals surface area contributed by atoms with Crippen molar-refractivity contribution in [1.82, 2.24) is 0 Å². The predicted octanol–water partition coefficient (Wildman–Crippen LogP) is 0.863. The Hall–Kier alpha value is -1.27. The van der Waals surface area contributed by atoms with Gasteiger partial charge >= 0.3 is 0 Å². The van der Waals surface area contributed by atoms with Crippen LogP contribution in [0.1, 0.15) is 25.0 Å². The van der Waals surface area contributed by atoms with Crippen LogP contribution in [-0.4, -0.2) is 5.11 Å². The standard InChI is InChI=1S/C10H14NO2/c1-2-3-4-5-7-11-8-6-10(9-12)13-11/h1,6,8,12H,3-5,7,9H2/q+1. The highest BCUT2D eigenvalue weighted by molar-refractivity contribution is 4.86. The second-order valence-corrected chi connectivity index (χ2v) is 2.83. The molecule has 0 saturated heterocycles. The summed E-state index contributed by atoms with van der Waals surface area (Å²) < 4.78 is 6.94. The zero-order valence-corrected chi connectivity index (χ0v) is 7.57. The molecule has 13 heavy (non-hydrogen) atoms. The van der Waals surface area contributed by atoms with Gasteiger partial charge in [0.15, 0.2) is 6.54 Å². The molecule has 0 aliphatic rings. The maximum absolute atomic E-state index is 8.73. The first kappa shape index (κ1) is 9.82. The van der Waals surface area contributed by atoms with Crippen molar-refractivity contribution >= 4 is 0 Å². The lowest BCUT2D eigenvalue weighted by Gasteiger charge is -1.89. The van der Waals surface area contributed by atoms with Crippen LogP contribution in [-0.2, 0) is 13.2 Å². The highest BCUT2D eigenvalue weighted by atomic mass is 16.5. The van der Waals surface area contributed by atoms with E-state index in [0.717, 1.165) is 25.8 Å². The molecule has 3 nitrogen and oxygen atoms in total. The third-order valence-corrected chi connectivity index (χ3v) is 1.77. The Bertz CT molecular complexity index is 285. The van der Waals surface area contributed by atoms with E-state index >= 15 is 0 Å². The Morgan fingerprint density at radius 3 is 3.00 bits per heavy atom. The molecule has 1 N–H and O–H groups in total. The zero-order valence-electron chi connectivity index (χ0n) is 7.57. The van der Waals surface area contributed by atoms with Gasteiger partial charge in [0.2, 0.25) is 12.0 Å². The van der Waals surface area contributed by atoms with Crippen LogP contribution in [0.3, 0.4) is 0 Å². The molecule has 3 heteroatoms. The number of aliphatic hydroxyl groups excluding tert-OH is 1. The van der Waals surface area contributed by atoms with E-state index < -0.39 is 0 Å². The molecule has 0 aromatic carbocycles. The Labute approximate surface area is 78.0 Å². The predicted molar refractivity (Wildman–Crippen MR) is 47.5 cm³/mol. The summed E-state index contributed by atoms with van der Waals surface area (Å²) in [6.07, 6.45) is 9.77. The highest BCUT2D eigenvalue weighted by Gasteiger charge is 2.06. The third kappa shape index (κ3) is 3.30. The van der Waals surface area contributed by atoms with Gasteiger partial charge in [-0.2, -0.15) is 0 Å². The number of aromatic nitrogens is 1. The summed E-state index contributed by atoms with van der Waals surface area (Å²) in [4.78, 5) is 0. The van der Waals surface area contributed by atoms with Crippen molar-refractivity contribution in [2.24, 2.45) is 0 Å². The van der Waals surface area contributed by atoms with Crippen LogP contribution in [0.5, 0.6) is 0 Å². The number of rotatable bonds is 5. The number of hydrogen-bond donors (Lipinski definition) is 1. The van der Waals surface area contributed by atoms with Gasteiger partial charge in [0.1, 0.15) is 6.61 Å². The van der Waals surface area contributed by atoms with Gasteiger partial charge in [-0.15, -0.1) is 12.3 Å². The summed E-state index contributed by atoms with van der Waals surface area (Å²) >= 11 is 0. The quantitative estimate of drug-likeness (QED) is 0.414. The van der Waals surface area contributed by atoms with Crippen LogP contribution in [0.4, 0.5) is 0 Å². The summed E-state index contributed by atoms with van der Waals surface area (Å²) in [7, 11) is 0. The summed E-state index contributed by atoms with van der Waals surface area (Å²) in [5.74, 6) is 3.18. The van der Waals surface area contributed by atoms with Crippen LogP contribution in [0.25, 0.3) is 0 Å². The Morgan fingerprint density at radius 1 is 1.54 bits per heavy atom. The van der Waals surface area contributed by atoms with Crippen molar-refractivity contribution in [3.05, 3.63) is 18.0 Å². The summed E-state index contributed by atoms with van der Waals surface area (Å²) in [6, 6.07) is 1.77. The SMILES string of the molecule is C#CCCCC[n+]1ccc(CO)o1. The van der Waals surface area contributed by atoms with E-state index in [4.69, 9.17) is 16.1 Å². The molecule has 0 fully saturated rings. The van der Waals surface area contributed by atoms with Gasteiger partial charge in [-0.25, -0.2) is 4.52 Å². The Kier molecular flexibility index (Phi) is 4.07. The fraction of sp³-hybridized carbons (Fsp3) is 0.500. The minimum absolute atomic E-state index is 0.0443. The summed E-state index contributed by atoms with van der Waals surface area (Å²) in [5.41, 5.74) is 0.